The molecule has 0 aromatic carbocycles. The van der Waals surface area contributed by atoms with Crippen LogP contribution < -0.4 is 0 Å². The van der Waals surface area contributed by atoms with E-state index in [9.17, 15) is 0 Å². The second kappa shape index (κ2) is 10.7. The zero-order valence-electron chi connectivity index (χ0n) is 16.5. The minimum absolute atomic E-state index is 0.508. The molecule has 4 unspecified atom stereocenters. The SMILES string of the molecule is CCCCCCCC(C(C)C)C(C)(CC)C(C)C(C)CC. The summed E-state index contributed by atoms with van der Waals surface area (Å²) in [6.07, 6.45) is 11.2. The number of unbranched alkanes of at least 4 members (excludes halogenated alkanes) is 4. The molecule has 0 aliphatic carbocycles. The van der Waals surface area contributed by atoms with Crippen molar-refractivity contribution in [1.82, 2.24) is 0 Å². The van der Waals surface area contributed by atoms with Crippen molar-refractivity contribution in [2.75, 3.05) is 0 Å². The smallest absolute Gasteiger partial charge is 0.0270 e. The Morgan fingerprint density at radius 3 is 1.81 bits per heavy atom. The molecule has 0 saturated heterocycles. The van der Waals surface area contributed by atoms with Crippen LogP contribution in [0.4, 0.5) is 0 Å². The molecule has 0 heteroatoms. The molecule has 0 N–H and O–H groups in total. The minimum atomic E-state index is 0.508. The van der Waals surface area contributed by atoms with Crippen LogP contribution in [0.3, 0.4) is 0 Å². The third-order valence-corrected chi connectivity index (χ3v) is 6.57. The summed E-state index contributed by atoms with van der Waals surface area (Å²) in [5.41, 5.74) is 0.508. The van der Waals surface area contributed by atoms with Crippen LogP contribution in [0.5, 0.6) is 0 Å². The molecule has 0 aliphatic heterocycles. The Labute approximate surface area is 136 Å². The average molecular weight is 297 g/mol. The number of rotatable bonds is 12. The van der Waals surface area contributed by atoms with Crippen LogP contribution >= 0.6 is 0 Å². The van der Waals surface area contributed by atoms with Crippen molar-refractivity contribution in [3.8, 4) is 0 Å². The van der Waals surface area contributed by atoms with Crippen LogP contribution in [0, 0.1) is 29.1 Å². The highest BCUT2D eigenvalue weighted by Crippen LogP contribution is 2.48. The maximum atomic E-state index is 2.58. The Balaban J connectivity index is 4.78. The highest BCUT2D eigenvalue weighted by atomic mass is 14.4. The highest BCUT2D eigenvalue weighted by molar-refractivity contribution is 4.89. The van der Waals surface area contributed by atoms with Crippen molar-refractivity contribution in [3.05, 3.63) is 0 Å². The fourth-order valence-electron chi connectivity index (χ4n) is 4.32. The quantitative estimate of drug-likeness (QED) is 0.323. The normalized spacial score (nSPS) is 19.3. The summed E-state index contributed by atoms with van der Waals surface area (Å²) in [6.45, 7) is 19.5. The van der Waals surface area contributed by atoms with Gasteiger partial charge in [0, 0.05) is 0 Å². The fourth-order valence-corrected chi connectivity index (χ4v) is 4.32. The first kappa shape index (κ1) is 21.0. The largest absolute Gasteiger partial charge is 0.0654 e. The molecule has 0 amide bonds. The summed E-state index contributed by atoms with van der Waals surface area (Å²) < 4.78 is 0. The second-order valence-electron chi connectivity index (χ2n) is 8.09. The lowest BCUT2D eigenvalue weighted by molar-refractivity contribution is 0.0255. The maximum Gasteiger partial charge on any atom is -0.0270 e. The molecule has 0 aromatic heterocycles. The summed E-state index contributed by atoms with van der Waals surface area (Å²) in [7, 11) is 0. The van der Waals surface area contributed by atoms with Crippen molar-refractivity contribution >= 4 is 0 Å². The Kier molecular flexibility index (Phi) is 10.7. The zero-order valence-corrected chi connectivity index (χ0v) is 16.5. The van der Waals surface area contributed by atoms with Gasteiger partial charge in [-0.05, 0) is 35.5 Å². The van der Waals surface area contributed by atoms with E-state index in [0.717, 1.165) is 23.7 Å². The Bertz CT molecular complexity index is 242. The van der Waals surface area contributed by atoms with Gasteiger partial charge in [-0.25, -0.2) is 0 Å². The molecular weight excluding hydrogens is 252 g/mol. The standard InChI is InChI=1S/C21H44/c1-9-12-13-14-15-16-20(17(4)5)21(8,11-3)19(7)18(6)10-2/h17-20H,9-16H2,1-8H3. The monoisotopic (exact) mass is 296 g/mol. The van der Waals surface area contributed by atoms with Gasteiger partial charge >= 0.3 is 0 Å². The third-order valence-electron chi connectivity index (χ3n) is 6.57. The molecule has 0 heterocycles. The molecule has 0 nitrogen and oxygen atoms in total. The lowest BCUT2D eigenvalue weighted by atomic mass is 9.59. The van der Waals surface area contributed by atoms with E-state index in [-0.39, 0.29) is 0 Å². The lowest BCUT2D eigenvalue weighted by Crippen LogP contribution is -2.39. The summed E-state index contributed by atoms with van der Waals surface area (Å²) in [5, 5.41) is 0. The van der Waals surface area contributed by atoms with Gasteiger partial charge in [0.15, 0.2) is 0 Å². The molecule has 4 atom stereocenters. The average Bonchev–Trinajstić information content (AvgIpc) is 2.48. The van der Waals surface area contributed by atoms with E-state index in [2.05, 4.69) is 55.4 Å². The zero-order chi connectivity index (χ0) is 16.5. The van der Waals surface area contributed by atoms with E-state index in [1.165, 1.54) is 51.4 Å². The van der Waals surface area contributed by atoms with Crippen molar-refractivity contribution in [3.63, 3.8) is 0 Å². The summed E-state index contributed by atoms with van der Waals surface area (Å²) in [4.78, 5) is 0. The lowest BCUT2D eigenvalue weighted by Gasteiger charge is -2.47. The van der Waals surface area contributed by atoms with Gasteiger partial charge in [-0.1, -0.05) is 100 Å². The van der Waals surface area contributed by atoms with Gasteiger partial charge in [-0.3, -0.25) is 0 Å². The molecule has 0 spiro atoms. The first-order valence-electron chi connectivity index (χ1n) is 9.84. The summed E-state index contributed by atoms with van der Waals surface area (Å²) in [5.74, 6) is 3.37. The highest BCUT2D eigenvalue weighted by Gasteiger charge is 2.40. The predicted molar refractivity (Wildman–Crippen MR) is 98.7 cm³/mol. The molecule has 21 heavy (non-hydrogen) atoms. The number of hydrogen-bond acceptors (Lipinski definition) is 0. The van der Waals surface area contributed by atoms with Crippen molar-refractivity contribution in [2.45, 2.75) is 107 Å². The van der Waals surface area contributed by atoms with Gasteiger partial charge < -0.3 is 0 Å². The first-order valence-corrected chi connectivity index (χ1v) is 9.84. The van der Waals surface area contributed by atoms with Crippen molar-refractivity contribution < 1.29 is 0 Å². The fraction of sp³-hybridized carbons (Fsp3) is 1.00. The molecule has 0 radical (unpaired) electrons. The summed E-state index contributed by atoms with van der Waals surface area (Å²) >= 11 is 0. The first-order chi connectivity index (χ1) is 9.84. The topological polar surface area (TPSA) is 0 Å². The van der Waals surface area contributed by atoms with E-state index in [4.69, 9.17) is 0 Å². The Hall–Kier alpha value is 0. The molecule has 0 saturated carbocycles. The molecule has 0 rings (SSSR count). The van der Waals surface area contributed by atoms with Crippen LogP contribution in [-0.2, 0) is 0 Å². The Morgan fingerprint density at radius 1 is 0.810 bits per heavy atom. The van der Waals surface area contributed by atoms with Gasteiger partial charge in [-0.15, -0.1) is 0 Å². The van der Waals surface area contributed by atoms with Crippen LogP contribution in [0.15, 0.2) is 0 Å². The van der Waals surface area contributed by atoms with Crippen molar-refractivity contribution in [2.24, 2.45) is 29.1 Å². The molecular formula is C21H44. The van der Waals surface area contributed by atoms with Crippen LogP contribution in [0.2, 0.25) is 0 Å². The van der Waals surface area contributed by atoms with Gasteiger partial charge in [-0.2, -0.15) is 0 Å². The maximum absolute atomic E-state index is 2.58. The van der Waals surface area contributed by atoms with Crippen LogP contribution in [-0.4, -0.2) is 0 Å². The van der Waals surface area contributed by atoms with Crippen molar-refractivity contribution in [1.29, 1.82) is 0 Å². The molecule has 0 fully saturated rings. The van der Waals surface area contributed by atoms with Gasteiger partial charge in [0.05, 0.1) is 0 Å². The van der Waals surface area contributed by atoms with Crippen LogP contribution in [0.25, 0.3) is 0 Å². The van der Waals surface area contributed by atoms with Gasteiger partial charge in [0.2, 0.25) is 0 Å². The molecule has 128 valence electrons. The van der Waals surface area contributed by atoms with Crippen LogP contribution in [0.1, 0.15) is 107 Å². The molecule has 0 aliphatic rings. The second-order valence-corrected chi connectivity index (χ2v) is 8.09. The minimum Gasteiger partial charge on any atom is -0.0654 e. The molecule has 0 aromatic rings. The van der Waals surface area contributed by atoms with E-state index in [1.54, 1.807) is 0 Å². The number of hydrogen-bond donors (Lipinski definition) is 0. The van der Waals surface area contributed by atoms with E-state index < -0.39 is 0 Å². The van der Waals surface area contributed by atoms with E-state index >= 15 is 0 Å². The van der Waals surface area contributed by atoms with Gasteiger partial charge in [0.25, 0.3) is 0 Å². The van der Waals surface area contributed by atoms with E-state index in [0.29, 0.717) is 5.41 Å². The van der Waals surface area contributed by atoms with Gasteiger partial charge in [0.1, 0.15) is 0 Å². The molecule has 0 bridgehead atoms. The van der Waals surface area contributed by atoms with E-state index in [1.807, 2.05) is 0 Å². The summed E-state index contributed by atoms with van der Waals surface area (Å²) in [6, 6.07) is 0. The third kappa shape index (κ3) is 6.33. The Morgan fingerprint density at radius 2 is 1.38 bits per heavy atom. The predicted octanol–water partition coefficient (Wildman–Crippen LogP) is 7.72.